The third-order valence-electron chi connectivity index (χ3n) is 4.68. The summed E-state index contributed by atoms with van der Waals surface area (Å²) < 4.78 is 0. The first-order valence-corrected chi connectivity index (χ1v) is 7.50. The predicted molar refractivity (Wildman–Crippen MR) is 83.0 cm³/mol. The van der Waals surface area contributed by atoms with Crippen LogP contribution in [0.5, 0.6) is 0 Å². The number of nitrogens with one attached hydrogen (secondary N) is 3. The van der Waals surface area contributed by atoms with Gasteiger partial charge < -0.3 is 15.2 Å². The molecule has 7 heteroatoms. The first-order valence-electron chi connectivity index (χ1n) is 7.50. The summed E-state index contributed by atoms with van der Waals surface area (Å²) in [6.45, 7) is 2.50. The highest BCUT2D eigenvalue weighted by molar-refractivity contribution is 6.10. The number of carbonyl (C=O) groups is 3. The summed E-state index contributed by atoms with van der Waals surface area (Å²) in [7, 11) is 0. The Morgan fingerprint density at radius 1 is 1.26 bits per heavy atom. The molecule has 2 aromatic rings. The van der Waals surface area contributed by atoms with Gasteiger partial charge in [0.25, 0.3) is 11.8 Å². The molecule has 4 amide bonds. The Morgan fingerprint density at radius 2 is 2.04 bits per heavy atom. The fraction of sp³-hybridized carbons (Fsp3) is 0.312. The number of para-hydroxylation sites is 1. The van der Waals surface area contributed by atoms with Gasteiger partial charge in [-0.1, -0.05) is 18.2 Å². The van der Waals surface area contributed by atoms with Crippen molar-refractivity contribution in [1.29, 1.82) is 0 Å². The van der Waals surface area contributed by atoms with Gasteiger partial charge in [-0.2, -0.15) is 0 Å². The summed E-state index contributed by atoms with van der Waals surface area (Å²) in [6.07, 6.45) is 0.428. The zero-order valence-electron chi connectivity index (χ0n) is 12.6. The Morgan fingerprint density at radius 3 is 2.78 bits per heavy atom. The Hall–Kier alpha value is -2.83. The van der Waals surface area contributed by atoms with Crippen LogP contribution in [0.25, 0.3) is 10.9 Å². The normalized spacial score (nSPS) is 23.6. The van der Waals surface area contributed by atoms with Crippen LogP contribution in [-0.4, -0.2) is 46.4 Å². The molecule has 1 spiro atoms. The van der Waals surface area contributed by atoms with Gasteiger partial charge >= 0.3 is 6.03 Å². The summed E-state index contributed by atoms with van der Waals surface area (Å²) in [5.41, 5.74) is 1.36. The Labute approximate surface area is 132 Å². The molecule has 0 saturated carbocycles. The largest absolute Gasteiger partial charge is 0.358 e. The quantitative estimate of drug-likeness (QED) is 0.683. The van der Waals surface area contributed by atoms with E-state index in [1.807, 2.05) is 31.2 Å². The number of hydrogen-bond donors (Lipinski definition) is 3. The summed E-state index contributed by atoms with van der Waals surface area (Å²) >= 11 is 0. The lowest BCUT2D eigenvalue weighted by Gasteiger charge is -2.21. The van der Waals surface area contributed by atoms with Crippen LogP contribution < -0.4 is 10.6 Å². The molecule has 2 aliphatic heterocycles. The number of H-pyrrole nitrogens is 1. The smallest absolute Gasteiger partial charge is 0.322 e. The number of urea groups is 1. The van der Waals surface area contributed by atoms with E-state index < -0.39 is 11.6 Å². The minimum Gasteiger partial charge on any atom is -0.358 e. The molecule has 0 aliphatic carbocycles. The molecule has 3 heterocycles. The number of carbonyl (C=O) groups excluding carboxylic acids is 3. The molecule has 118 valence electrons. The summed E-state index contributed by atoms with van der Waals surface area (Å²) in [5, 5.41) is 5.78. The van der Waals surface area contributed by atoms with E-state index in [2.05, 4.69) is 15.6 Å². The number of imide groups is 1. The molecule has 1 aromatic carbocycles. The van der Waals surface area contributed by atoms with Crippen molar-refractivity contribution >= 4 is 28.7 Å². The summed E-state index contributed by atoms with van der Waals surface area (Å²) in [6, 6.07) is 7.14. The first kappa shape index (κ1) is 13.8. The van der Waals surface area contributed by atoms with Crippen molar-refractivity contribution in [1.82, 2.24) is 20.5 Å². The second-order valence-electron chi connectivity index (χ2n) is 6.14. The van der Waals surface area contributed by atoms with Crippen molar-refractivity contribution in [3.05, 3.63) is 35.5 Å². The molecule has 4 rings (SSSR count). The van der Waals surface area contributed by atoms with Gasteiger partial charge in [0.05, 0.1) is 12.1 Å². The second kappa shape index (κ2) is 4.58. The molecule has 0 radical (unpaired) electrons. The van der Waals surface area contributed by atoms with Gasteiger partial charge in [0.2, 0.25) is 0 Å². The van der Waals surface area contributed by atoms with Crippen LogP contribution in [0.3, 0.4) is 0 Å². The number of nitrogens with zero attached hydrogens (tertiary/aromatic N) is 1. The van der Waals surface area contributed by atoms with Crippen molar-refractivity contribution in [3.8, 4) is 0 Å². The number of likely N-dealkylation sites (tertiary alicyclic amines) is 1. The topological polar surface area (TPSA) is 94.3 Å². The maximum atomic E-state index is 12.9. The number of amides is 4. The van der Waals surface area contributed by atoms with Gasteiger partial charge in [-0.15, -0.1) is 0 Å². The molecule has 1 atom stereocenters. The van der Waals surface area contributed by atoms with E-state index in [0.29, 0.717) is 18.5 Å². The monoisotopic (exact) mass is 312 g/mol. The van der Waals surface area contributed by atoms with E-state index in [9.17, 15) is 14.4 Å². The molecule has 1 aromatic heterocycles. The Kier molecular flexibility index (Phi) is 2.75. The lowest BCUT2D eigenvalue weighted by atomic mass is 9.99. The standard InChI is InChI=1S/C16H16N4O3/c1-9-12(10-4-2-3-5-11(10)17-9)13(21)20-7-6-16(8-20)14(22)18-15(23)19-16/h2-5,17H,6-8H2,1H3,(H2,18,19,22,23). The van der Waals surface area contributed by atoms with Gasteiger partial charge in [-0.3, -0.25) is 14.9 Å². The van der Waals surface area contributed by atoms with E-state index in [4.69, 9.17) is 0 Å². The van der Waals surface area contributed by atoms with E-state index in [1.54, 1.807) is 4.90 Å². The highest BCUT2D eigenvalue weighted by Crippen LogP contribution is 2.29. The molecule has 2 aliphatic rings. The van der Waals surface area contributed by atoms with Gasteiger partial charge in [0, 0.05) is 23.1 Å². The molecule has 2 fully saturated rings. The van der Waals surface area contributed by atoms with Crippen LogP contribution >= 0.6 is 0 Å². The van der Waals surface area contributed by atoms with E-state index in [0.717, 1.165) is 16.6 Å². The molecule has 7 nitrogen and oxygen atoms in total. The number of aromatic nitrogens is 1. The minimum absolute atomic E-state index is 0.120. The predicted octanol–water partition coefficient (Wildman–Crippen LogP) is 0.900. The molecule has 0 bridgehead atoms. The minimum atomic E-state index is -0.979. The lowest BCUT2D eigenvalue weighted by Crippen LogP contribution is -2.49. The zero-order chi connectivity index (χ0) is 16.2. The third-order valence-corrected chi connectivity index (χ3v) is 4.68. The highest BCUT2D eigenvalue weighted by atomic mass is 16.2. The lowest BCUT2D eigenvalue weighted by molar-refractivity contribution is -0.123. The van der Waals surface area contributed by atoms with Crippen molar-refractivity contribution in [2.75, 3.05) is 13.1 Å². The SMILES string of the molecule is Cc1[nH]c2ccccc2c1C(=O)N1CCC2(C1)NC(=O)NC2=O. The van der Waals surface area contributed by atoms with Crippen LogP contribution in [0.15, 0.2) is 24.3 Å². The van der Waals surface area contributed by atoms with Crippen molar-refractivity contribution < 1.29 is 14.4 Å². The van der Waals surface area contributed by atoms with Gasteiger partial charge in [-0.25, -0.2) is 4.79 Å². The number of aryl methyl sites for hydroxylation is 1. The van der Waals surface area contributed by atoms with Crippen LogP contribution in [0, 0.1) is 6.92 Å². The fourth-order valence-corrected chi connectivity index (χ4v) is 3.51. The number of hydrogen-bond acceptors (Lipinski definition) is 3. The average Bonchev–Trinajstić information content (AvgIpc) is 3.15. The van der Waals surface area contributed by atoms with Crippen LogP contribution in [-0.2, 0) is 4.79 Å². The van der Waals surface area contributed by atoms with Crippen molar-refractivity contribution in [2.24, 2.45) is 0 Å². The van der Waals surface area contributed by atoms with Crippen LogP contribution in [0.2, 0.25) is 0 Å². The number of benzene rings is 1. The fourth-order valence-electron chi connectivity index (χ4n) is 3.51. The highest BCUT2D eigenvalue weighted by Gasteiger charge is 2.51. The molecule has 3 N–H and O–H groups in total. The van der Waals surface area contributed by atoms with E-state index in [1.165, 1.54) is 0 Å². The van der Waals surface area contributed by atoms with Gasteiger partial charge in [0.1, 0.15) is 5.54 Å². The number of aromatic amines is 1. The first-order chi connectivity index (χ1) is 11.0. The Bertz CT molecular complexity index is 856. The third kappa shape index (κ3) is 1.93. The molecular weight excluding hydrogens is 296 g/mol. The number of rotatable bonds is 1. The maximum absolute atomic E-state index is 12.9. The molecule has 1 unspecified atom stereocenters. The number of fused-ring (bicyclic) bond motifs is 1. The van der Waals surface area contributed by atoms with E-state index >= 15 is 0 Å². The van der Waals surface area contributed by atoms with E-state index in [-0.39, 0.29) is 18.4 Å². The molecular formula is C16H16N4O3. The zero-order valence-corrected chi connectivity index (χ0v) is 12.6. The Balaban J connectivity index is 1.67. The average molecular weight is 312 g/mol. The van der Waals surface area contributed by atoms with Crippen LogP contribution in [0.1, 0.15) is 22.5 Å². The maximum Gasteiger partial charge on any atom is 0.322 e. The summed E-state index contributed by atoms with van der Waals surface area (Å²) in [4.78, 5) is 41.2. The van der Waals surface area contributed by atoms with Crippen molar-refractivity contribution in [2.45, 2.75) is 18.9 Å². The molecule has 23 heavy (non-hydrogen) atoms. The molecule has 2 saturated heterocycles. The van der Waals surface area contributed by atoms with Crippen molar-refractivity contribution in [3.63, 3.8) is 0 Å². The summed E-state index contributed by atoms with van der Waals surface area (Å²) in [5.74, 6) is -0.473. The second-order valence-corrected chi connectivity index (χ2v) is 6.14. The van der Waals surface area contributed by atoms with Crippen LogP contribution in [0.4, 0.5) is 4.79 Å². The van der Waals surface area contributed by atoms with Gasteiger partial charge in [-0.05, 0) is 19.4 Å². The van der Waals surface area contributed by atoms with Gasteiger partial charge in [0.15, 0.2) is 0 Å².